The van der Waals surface area contributed by atoms with Crippen molar-refractivity contribution in [3.8, 4) is 0 Å². The molecule has 2 aromatic rings. The Labute approximate surface area is 118 Å². The van der Waals surface area contributed by atoms with E-state index >= 15 is 0 Å². The van der Waals surface area contributed by atoms with E-state index in [2.05, 4.69) is 42.5 Å². The van der Waals surface area contributed by atoms with Gasteiger partial charge in [-0.3, -0.25) is 0 Å². The molecule has 17 heavy (non-hydrogen) atoms. The molecule has 0 aliphatic heterocycles. The van der Waals surface area contributed by atoms with Crippen molar-refractivity contribution in [3.63, 3.8) is 0 Å². The van der Waals surface area contributed by atoms with Gasteiger partial charge < -0.3 is 10.6 Å². The molecule has 88 valence electrons. The van der Waals surface area contributed by atoms with Gasteiger partial charge in [0.1, 0.15) is 0 Å². The van der Waals surface area contributed by atoms with Gasteiger partial charge >= 0.3 is 0 Å². The standard InChI is InChI=1S/C13H12Br2N2/c14-10-3-1-5-12(7-10)16-9-17-13-6-2-4-11(15)8-13/h1-8,16-17H,9H2. The molecular weight excluding hydrogens is 344 g/mol. The molecule has 0 amide bonds. The number of halogens is 2. The third-order valence-electron chi connectivity index (χ3n) is 2.23. The van der Waals surface area contributed by atoms with E-state index in [1.807, 2.05) is 48.5 Å². The number of anilines is 2. The highest BCUT2D eigenvalue weighted by Gasteiger charge is 1.94. The number of hydrogen-bond donors (Lipinski definition) is 2. The molecule has 0 aromatic heterocycles. The van der Waals surface area contributed by atoms with Crippen molar-refractivity contribution in [1.29, 1.82) is 0 Å². The van der Waals surface area contributed by atoms with Crippen LogP contribution in [-0.4, -0.2) is 6.67 Å². The Balaban J connectivity index is 1.87. The van der Waals surface area contributed by atoms with E-state index in [9.17, 15) is 0 Å². The fourth-order valence-electron chi connectivity index (χ4n) is 1.45. The van der Waals surface area contributed by atoms with E-state index in [1.165, 1.54) is 0 Å². The van der Waals surface area contributed by atoms with Crippen molar-refractivity contribution in [2.24, 2.45) is 0 Å². The summed E-state index contributed by atoms with van der Waals surface area (Å²) < 4.78 is 2.15. The summed E-state index contributed by atoms with van der Waals surface area (Å²) in [6.07, 6.45) is 0. The van der Waals surface area contributed by atoms with Gasteiger partial charge in [-0.2, -0.15) is 0 Å². The normalized spacial score (nSPS) is 10.0. The Morgan fingerprint density at radius 3 is 1.65 bits per heavy atom. The van der Waals surface area contributed by atoms with Gasteiger partial charge in [0.15, 0.2) is 0 Å². The maximum Gasteiger partial charge on any atom is 0.0849 e. The Hall–Kier alpha value is -1.00. The van der Waals surface area contributed by atoms with Crippen molar-refractivity contribution in [2.45, 2.75) is 0 Å². The third-order valence-corrected chi connectivity index (χ3v) is 3.22. The van der Waals surface area contributed by atoms with Gasteiger partial charge in [-0.25, -0.2) is 0 Å². The fraction of sp³-hybridized carbons (Fsp3) is 0.0769. The van der Waals surface area contributed by atoms with Gasteiger partial charge in [0.05, 0.1) is 6.67 Å². The average molecular weight is 356 g/mol. The maximum atomic E-state index is 3.44. The first-order valence-corrected chi connectivity index (χ1v) is 6.81. The van der Waals surface area contributed by atoms with Crippen molar-refractivity contribution < 1.29 is 0 Å². The summed E-state index contributed by atoms with van der Waals surface area (Å²) in [6.45, 7) is 0.687. The molecule has 0 aliphatic rings. The predicted octanol–water partition coefficient (Wildman–Crippen LogP) is 4.69. The molecule has 0 unspecified atom stereocenters. The first-order chi connectivity index (χ1) is 8.24. The van der Waals surface area contributed by atoms with E-state index in [-0.39, 0.29) is 0 Å². The summed E-state index contributed by atoms with van der Waals surface area (Å²) in [6, 6.07) is 16.2. The summed E-state index contributed by atoms with van der Waals surface area (Å²) in [5, 5.41) is 6.59. The molecule has 2 N–H and O–H groups in total. The van der Waals surface area contributed by atoms with Gasteiger partial charge in [0, 0.05) is 20.3 Å². The van der Waals surface area contributed by atoms with Gasteiger partial charge in [0.2, 0.25) is 0 Å². The van der Waals surface area contributed by atoms with E-state index in [4.69, 9.17) is 0 Å². The lowest BCUT2D eigenvalue weighted by molar-refractivity contribution is 1.21. The van der Waals surface area contributed by atoms with Crippen molar-refractivity contribution in [1.82, 2.24) is 0 Å². The van der Waals surface area contributed by atoms with Crippen LogP contribution in [-0.2, 0) is 0 Å². The summed E-state index contributed by atoms with van der Waals surface area (Å²) in [7, 11) is 0. The van der Waals surface area contributed by atoms with E-state index in [0.717, 1.165) is 20.3 Å². The van der Waals surface area contributed by atoms with Crippen molar-refractivity contribution in [2.75, 3.05) is 17.3 Å². The summed E-state index contributed by atoms with van der Waals surface area (Å²) in [4.78, 5) is 0. The Morgan fingerprint density at radius 2 is 1.24 bits per heavy atom. The van der Waals surface area contributed by atoms with Gasteiger partial charge in [-0.05, 0) is 36.4 Å². The number of rotatable bonds is 4. The second-order valence-corrected chi connectivity index (χ2v) is 5.38. The predicted molar refractivity (Wildman–Crippen MR) is 80.4 cm³/mol. The third kappa shape index (κ3) is 4.06. The number of hydrogen-bond acceptors (Lipinski definition) is 2. The van der Waals surface area contributed by atoms with Gasteiger partial charge in [-0.15, -0.1) is 0 Å². The van der Waals surface area contributed by atoms with Crippen molar-refractivity contribution in [3.05, 3.63) is 57.5 Å². The first kappa shape index (κ1) is 12.5. The van der Waals surface area contributed by atoms with Gasteiger partial charge in [-0.1, -0.05) is 44.0 Å². The highest BCUT2D eigenvalue weighted by atomic mass is 79.9. The number of nitrogens with one attached hydrogen (secondary N) is 2. The zero-order valence-electron chi connectivity index (χ0n) is 9.08. The number of benzene rings is 2. The lowest BCUT2D eigenvalue weighted by Gasteiger charge is -2.09. The molecule has 0 saturated heterocycles. The molecule has 0 atom stereocenters. The molecule has 2 nitrogen and oxygen atoms in total. The minimum absolute atomic E-state index is 0.687. The lowest BCUT2D eigenvalue weighted by atomic mass is 10.3. The average Bonchev–Trinajstić information content (AvgIpc) is 2.29. The van der Waals surface area contributed by atoms with E-state index in [1.54, 1.807) is 0 Å². The lowest BCUT2D eigenvalue weighted by Crippen LogP contribution is -2.11. The van der Waals surface area contributed by atoms with E-state index in [0.29, 0.717) is 6.67 Å². The van der Waals surface area contributed by atoms with Crippen LogP contribution < -0.4 is 10.6 Å². The summed E-state index contributed by atoms with van der Waals surface area (Å²) >= 11 is 6.88. The van der Waals surface area contributed by atoms with Crippen molar-refractivity contribution >= 4 is 43.2 Å². The second-order valence-electron chi connectivity index (χ2n) is 3.55. The molecule has 0 bridgehead atoms. The fourth-order valence-corrected chi connectivity index (χ4v) is 2.24. The molecule has 2 rings (SSSR count). The smallest absolute Gasteiger partial charge is 0.0849 e. The van der Waals surface area contributed by atoms with Crippen LogP contribution >= 0.6 is 31.9 Å². The Morgan fingerprint density at radius 1 is 0.765 bits per heavy atom. The summed E-state index contributed by atoms with van der Waals surface area (Å²) in [5.74, 6) is 0. The Bertz CT molecular complexity index is 455. The molecule has 0 fully saturated rings. The van der Waals surface area contributed by atoms with Crippen LogP contribution in [0.2, 0.25) is 0 Å². The molecule has 4 heteroatoms. The van der Waals surface area contributed by atoms with Crippen LogP contribution in [0.5, 0.6) is 0 Å². The van der Waals surface area contributed by atoms with Crippen LogP contribution in [0.25, 0.3) is 0 Å². The molecule has 0 heterocycles. The zero-order valence-corrected chi connectivity index (χ0v) is 12.3. The largest absolute Gasteiger partial charge is 0.368 e. The van der Waals surface area contributed by atoms with E-state index < -0.39 is 0 Å². The van der Waals surface area contributed by atoms with Crippen LogP contribution in [0.4, 0.5) is 11.4 Å². The monoisotopic (exact) mass is 354 g/mol. The minimum Gasteiger partial charge on any atom is -0.368 e. The van der Waals surface area contributed by atoms with Gasteiger partial charge in [0.25, 0.3) is 0 Å². The second kappa shape index (κ2) is 6.07. The highest BCUT2D eigenvalue weighted by molar-refractivity contribution is 9.10. The molecular formula is C13H12Br2N2. The van der Waals surface area contributed by atoms with Crippen LogP contribution in [0.3, 0.4) is 0 Å². The van der Waals surface area contributed by atoms with Crippen LogP contribution in [0.15, 0.2) is 57.5 Å². The minimum atomic E-state index is 0.687. The molecule has 0 radical (unpaired) electrons. The van der Waals surface area contributed by atoms with Crippen LogP contribution in [0.1, 0.15) is 0 Å². The maximum absolute atomic E-state index is 3.44. The zero-order chi connectivity index (χ0) is 12.1. The topological polar surface area (TPSA) is 24.1 Å². The highest BCUT2D eigenvalue weighted by Crippen LogP contribution is 2.17. The summed E-state index contributed by atoms with van der Waals surface area (Å²) in [5.41, 5.74) is 2.17. The molecule has 2 aromatic carbocycles. The Kier molecular flexibility index (Phi) is 4.45. The molecule has 0 aliphatic carbocycles. The quantitative estimate of drug-likeness (QED) is 0.777. The first-order valence-electron chi connectivity index (χ1n) is 5.23. The molecule has 0 saturated carbocycles. The molecule has 0 spiro atoms. The SMILES string of the molecule is Brc1cccc(NCNc2cccc(Br)c2)c1. The van der Waals surface area contributed by atoms with Crippen LogP contribution in [0, 0.1) is 0 Å².